The quantitative estimate of drug-likeness (QED) is 0.560. The average molecular weight is 266 g/mol. The van der Waals surface area contributed by atoms with Crippen molar-refractivity contribution < 1.29 is 9.72 Å². The summed E-state index contributed by atoms with van der Waals surface area (Å²) in [4.78, 5) is 24.7. The van der Waals surface area contributed by atoms with Crippen LogP contribution in [0.2, 0.25) is 0 Å². The molecule has 19 heavy (non-hydrogen) atoms. The Bertz CT molecular complexity index is 471. The zero-order valence-corrected chi connectivity index (χ0v) is 10.6. The van der Waals surface area contributed by atoms with Crippen LogP contribution >= 0.6 is 0 Å². The van der Waals surface area contributed by atoms with E-state index in [0.29, 0.717) is 12.5 Å². The number of amides is 1. The number of H-pyrrole nitrogens is 1. The summed E-state index contributed by atoms with van der Waals surface area (Å²) >= 11 is 0. The number of hydrogen-bond donors (Lipinski definition) is 3. The smallest absolute Gasteiger partial charge is 0.287 e. The van der Waals surface area contributed by atoms with E-state index in [2.05, 4.69) is 10.3 Å². The molecule has 2 rings (SSSR count). The number of aromatic nitrogens is 1. The first kappa shape index (κ1) is 13.5. The predicted octanol–water partition coefficient (Wildman–Crippen LogP) is 1.17. The maximum atomic E-state index is 12.0. The summed E-state index contributed by atoms with van der Waals surface area (Å²) in [5.41, 5.74) is 5.81. The van der Waals surface area contributed by atoms with Crippen molar-refractivity contribution in [3.63, 3.8) is 0 Å². The summed E-state index contributed by atoms with van der Waals surface area (Å²) in [6, 6.07) is 1.31. The normalized spacial score (nSPS) is 23.0. The van der Waals surface area contributed by atoms with Crippen molar-refractivity contribution in [1.82, 2.24) is 10.3 Å². The second-order valence-corrected chi connectivity index (χ2v) is 4.89. The van der Waals surface area contributed by atoms with E-state index in [1.165, 1.54) is 12.3 Å². The number of nitro groups is 1. The fourth-order valence-electron chi connectivity index (χ4n) is 2.55. The highest BCUT2D eigenvalue weighted by Crippen LogP contribution is 2.24. The summed E-state index contributed by atoms with van der Waals surface area (Å²) < 4.78 is 0. The van der Waals surface area contributed by atoms with E-state index in [9.17, 15) is 14.9 Å². The largest absolute Gasteiger partial charge is 0.351 e. The van der Waals surface area contributed by atoms with Crippen LogP contribution < -0.4 is 11.1 Å². The van der Waals surface area contributed by atoms with E-state index >= 15 is 0 Å². The molecule has 0 bridgehead atoms. The van der Waals surface area contributed by atoms with Crippen molar-refractivity contribution in [3.8, 4) is 0 Å². The topological polar surface area (TPSA) is 114 Å². The van der Waals surface area contributed by atoms with Gasteiger partial charge < -0.3 is 16.0 Å². The van der Waals surface area contributed by atoms with Gasteiger partial charge in [0.1, 0.15) is 5.69 Å². The van der Waals surface area contributed by atoms with Crippen molar-refractivity contribution >= 4 is 11.6 Å². The molecule has 1 heterocycles. The molecule has 0 spiro atoms. The van der Waals surface area contributed by atoms with Crippen LogP contribution in [-0.2, 0) is 0 Å². The van der Waals surface area contributed by atoms with Gasteiger partial charge in [-0.2, -0.15) is 0 Å². The zero-order valence-electron chi connectivity index (χ0n) is 10.6. The fourth-order valence-corrected chi connectivity index (χ4v) is 2.55. The minimum absolute atomic E-state index is 0.0635. The minimum atomic E-state index is -0.531. The van der Waals surface area contributed by atoms with Gasteiger partial charge in [0.25, 0.3) is 11.6 Å². The molecule has 1 aliphatic carbocycles. The number of nitrogens with two attached hydrogens (primary N) is 1. The van der Waals surface area contributed by atoms with E-state index in [0.717, 1.165) is 25.7 Å². The maximum absolute atomic E-state index is 12.0. The van der Waals surface area contributed by atoms with E-state index in [1.807, 2.05) is 0 Å². The summed E-state index contributed by atoms with van der Waals surface area (Å²) in [5, 5.41) is 13.5. The molecule has 0 aliphatic heterocycles. The highest BCUT2D eigenvalue weighted by atomic mass is 16.6. The van der Waals surface area contributed by atoms with Gasteiger partial charge in [-0.1, -0.05) is 12.8 Å². The van der Waals surface area contributed by atoms with Crippen LogP contribution in [0.25, 0.3) is 0 Å². The predicted molar refractivity (Wildman–Crippen MR) is 69.7 cm³/mol. The lowest BCUT2D eigenvalue weighted by Crippen LogP contribution is -2.44. The Morgan fingerprint density at radius 2 is 2.26 bits per heavy atom. The van der Waals surface area contributed by atoms with Crippen LogP contribution in [-0.4, -0.2) is 28.4 Å². The van der Waals surface area contributed by atoms with Gasteiger partial charge in [0.2, 0.25) is 0 Å². The molecule has 1 aliphatic rings. The van der Waals surface area contributed by atoms with E-state index in [-0.39, 0.29) is 23.3 Å². The zero-order chi connectivity index (χ0) is 13.8. The first-order valence-electron chi connectivity index (χ1n) is 6.45. The highest BCUT2D eigenvalue weighted by molar-refractivity contribution is 5.93. The first-order chi connectivity index (χ1) is 9.11. The molecule has 0 saturated heterocycles. The Kier molecular flexibility index (Phi) is 4.16. The Balaban J connectivity index is 2.01. The van der Waals surface area contributed by atoms with E-state index in [1.54, 1.807) is 0 Å². The van der Waals surface area contributed by atoms with Gasteiger partial charge in [-0.3, -0.25) is 14.9 Å². The Morgan fingerprint density at radius 1 is 1.53 bits per heavy atom. The van der Waals surface area contributed by atoms with Gasteiger partial charge in [-0.15, -0.1) is 0 Å². The molecule has 0 radical (unpaired) electrons. The van der Waals surface area contributed by atoms with Crippen molar-refractivity contribution in [2.45, 2.75) is 31.7 Å². The summed E-state index contributed by atoms with van der Waals surface area (Å²) in [7, 11) is 0. The lowest BCUT2D eigenvalue weighted by atomic mass is 9.84. The highest BCUT2D eigenvalue weighted by Gasteiger charge is 2.26. The van der Waals surface area contributed by atoms with Crippen LogP contribution in [0, 0.1) is 16.0 Å². The molecule has 4 N–H and O–H groups in total. The number of carbonyl (C=O) groups is 1. The number of rotatable bonds is 4. The molecule has 2 unspecified atom stereocenters. The number of nitrogens with one attached hydrogen (secondary N) is 2. The Labute approximate surface area is 110 Å². The SMILES string of the molecule is NCC1CCCCC1NC(=O)c1cc([N+](=O)[O-])c[nH]1. The molecule has 1 amide bonds. The molecule has 104 valence electrons. The summed E-state index contributed by atoms with van der Waals surface area (Å²) in [6.45, 7) is 0.551. The lowest BCUT2D eigenvalue weighted by Gasteiger charge is -2.31. The molecule has 1 saturated carbocycles. The third kappa shape index (κ3) is 3.11. The molecular formula is C12H18N4O3. The monoisotopic (exact) mass is 266 g/mol. The minimum Gasteiger partial charge on any atom is -0.351 e. The standard InChI is InChI=1S/C12H18N4O3/c13-6-8-3-1-2-4-10(8)15-12(17)11-5-9(7-14-11)16(18)19/h5,7-8,10,14H,1-4,6,13H2,(H,15,17). The number of hydrogen-bond acceptors (Lipinski definition) is 4. The van der Waals surface area contributed by atoms with Crippen molar-refractivity contribution in [3.05, 3.63) is 28.1 Å². The maximum Gasteiger partial charge on any atom is 0.287 e. The number of carbonyl (C=O) groups excluding carboxylic acids is 1. The lowest BCUT2D eigenvalue weighted by molar-refractivity contribution is -0.384. The van der Waals surface area contributed by atoms with Gasteiger partial charge in [0, 0.05) is 12.1 Å². The number of aromatic amines is 1. The second-order valence-electron chi connectivity index (χ2n) is 4.89. The summed E-state index contributed by atoms with van der Waals surface area (Å²) in [6.07, 6.45) is 5.37. The van der Waals surface area contributed by atoms with Gasteiger partial charge in [0.05, 0.1) is 11.1 Å². The van der Waals surface area contributed by atoms with Gasteiger partial charge in [0.15, 0.2) is 0 Å². The van der Waals surface area contributed by atoms with Gasteiger partial charge >= 0.3 is 0 Å². The third-order valence-electron chi connectivity index (χ3n) is 3.65. The Hall–Kier alpha value is -1.89. The molecule has 1 fully saturated rings. The average Bonchev–Trinajstić information content (AvgIpc) is 2.89. The number of nitrogens with zero attached hydrogens (tertiary/aromatic N) is 1. The molecule has 1 aromatic heterocycles. The summed E-state index contributed by atoms with van der Waals surface area (Å²) in [5.74, 6) is -0.0129. The van der Waals surface area contributed by atoms with Crippen LogP contribution in [0.3, 0.4) is 0 Å². The molecule has 2 atom stereocenters. The fraction of sp³-hybridized carbons (Fsp3) is 0.583. The van der Waals surface area contributed by atoms with E-state index < -0.39 is 4.92 Å². The van der Waals surface area contributed by atoms with Crippen LogP contribution in [0.4, 0.5) is 5.69 Å². The van der Waals surface area contributed by atoms with Crippen molar-refractivity contribution in [2.75, 3.05) is 6.54 Å². The molecule has 1 aromatic rings. The Morgan fingerprint density at radius 3 is 2.89 bits per heavy atom. The van der Waals surface area contributed by atoms with E-state index in [4.69, 9.17) is 5.73 Å². The first-order valence-corrected chi connectivity index (χ1v) is 6.45. The van der Waals surface area contributed by atoms with Crippen LogP contribution in [0.5, 0.6) is 0 Å². The van der Waals surface area contributed by atoms with Gasteiger partial charge in [-0.05, 0) is 25.3 Å². The van der Waals surface area contributed by atoms with Crippen molar-refractivity contribution in [2.24, 2.45) is 11.7 Å². The van der Waals surface area contributed by atoms with Crippen LogP contribution in [0.15, 0.2) is 12.3 Å². The third-order valence-corrected chi connectivity index (χ3v) is 3.65. The van der Waals surface area contributed by atoms with Crippen molar-refractivity contribution in [1.29, 1.82) is 0 Å². The second kappa shape index (κ2) is 5.83. The molecule has 7 heteroatoms. The molecule has 0 aromatic carbocycles. The van der Waals surface area contributed by atoms with Crippen LogP contribution in [0.1, 0.15) is 36.2 Å². The molecular weight excluding hydrogens is 248 g/mol. The molecule has 7 nitrogen and oxygen atoms in total. The van der Waals surface area contributed by atoms with Gasteiger partial charge in [-0.25, -0.2) is 0 Å².